The molecule has 0 unspecified atom stereocenters. The fourth-order valence-corrected chi connectivity index (χ4v) is 3.35. The average Bonchev–Trinajstić information content (AvgIpc) is 2.91. The molecule has 114 valence electrons. The number of benzene rings is 1. The molecular formula is C14H18Cl2N3OS+. The van der Waals surface area contributed by atoms with Crippen LogP contribution in [0.2, 0.25) is 10.0 Å². The second-order valence-corrected chi connectivity index (χ2v) is 6.36. The number of rotatable bonds is 8. The van der Waals surface area contributed by atoms with E-state index in [4.69, 9.17) is 27.6 Å². The van der Waals surface area contributed by atoms with E-state index in [2.05, 4.69) is 15.9 Å². The highest BCUT2D eigenvalue weighted by molar-refractivity contribution is 7.98. The second-order valence-electron chi connectivity index (χ2n) is 4.61. The Kier molecular flexibility index (Phi) is 6.83. The highest BCUT2D eigenvalue weighted by Gasteiger charge is 2.10. The highest BCUT2D eigenvalue weighted by atomic mass is 35.5. The van der Waals surface area contributed by atoms with Gasteiger partial charge in [0.25, 0.3) is 5.22 Å². The van der Waals surface area contributed by atoms with Crippen molar-refractivity contribution in [3.63, 3.8) is 0 Å². The zero-order valence-electron chi connectivity index (χ0n) is 11.6. The third kappa shape index (κ3) is 5.18. The molecule has 2 aromatic rings. The van der Waals surface area contributed by atoms with Crippen LogP contribution >= 0.6 is 35.0 Å². The summed E-state index contributed by atoms with van der Waals surface area (Å²) >= 11 is 13.7. The quantitative estimate of drug-likeness (QED) is 0.585. The number of aryl methyl sites for hydroxylation is 1. The van der Waals surface area contributed by atoms with Gasteiger partial charge in [-0.25, -0.2) is 0 Å². The molecule has 0 saturated carbocycles. The molecule has 4 nitrogen and oxygen atoms in total. The highest BCUT2D eigenvalue weighted by Crippen LogP contribution is 2.31. The number of thioether (sulfide) groups is 1. The Morgan fingerprint density at radius 2 is 1.86 bits per heavy atom. The standard InChI is InChI=1S/C14H17Cl2N3OS/c15-11-5-4-6-12(16)10(11)9-21-14-19-18-13(20-14)7-2-1-3-8-17/h4-6H,1-3,7-9,17H2/p+1. The van der Waals surface area contributed by atoms with Gasteiger partial charge in [0.05, 0.1) is 6.54 Å². The fourth-order valence-electron chi connectivity index (χ4n) is 1.83. The summed E-state index contributed by atoms with van der Waals surface area (Å²) < 4.78 is 5.60. The molecule has 0 aliphatic heterocycles. The van der Waals surface area contributed by atoms with E-state index in [0.717, 1.165) is 37.8 Å². The molecule has 0 aliphatic carbocycles. The molecule has 21 heavy (non-hydrogen) atoms. The summed E-state index contributed by atoms with van der Waals surface area (Å²) in [6.45, 7) is 0.976. The van der Waals surface area contributed by atoms with Crippen molar-refractivity contribution in [2.75, 3.05) is 6.54 Å². The maximum Gasteiger partial charge on any atom is 0.276 e. The fraction of sp³-hybridized carbons (Fsp3) is 0.429. The van der Waals surface area contributed by atoms with Gasteiger partial charge in [0.2, 0.25) is 5.89 Å². The molecule has 0 fully saturated rings. The largest absolute Gasteiger partial charge is 0.416 e. The molecule has 0 bridgehead atoms. The lowest BCUT2D eigenvalue weighted by Gasteiger charge is -2.04. The molecule has 0 radical (unpaired) electrons. The first-order valence-corrected chi connectivity index (χ1v) is 8.62. The first kappa shape index (κ1) is 16.6. The van der Waals surface area contributed by atoms with Gasteiger partial charge in [-0.05, 0) is 37.0 Å². The van der Waals surface area contributed by atoms with E-state index in [9.17, 15) is 0 Å². The van der Waals surface area contributed by atoms with Crippen LogP contribution in [0.3, 0.4) is 0 Å². The van der Waals surface area contributed by atoms with Gasteiger partial charge in [-0.3, -0.25) is 0 Å². The molecule has 1 heterocycles. The number of hydrogen-bond acceptors (Lipinski definition) is 4. The van der Waals surface area contributed by atoms with Crippen LogP contribution in [0.1, 0.15) is 30.7 Å². The van der Waals surface area contributed by atoms with E-state index < -0.39 is 0 Å². The van der Waals surface area contributed by atoms with Crippen molar-refractivity contribution < 1.29 is 10.2 Å². The first-order valence-electron chi connectivity index (χ1n) is 6.88. The Bertz CT molecular complexity index is 557. The van der Waals surface area contributed by atoms with Gasteiger partial charge in [-0.2, -0.15) is 0 Å². The Balaban J connectivity index is 1.85. The number of halogens is 2. The van der Waals surface area contributed by atoms with Gasteiger partial charge in [0, 0.05) is 22.2 Å². The van der Waals surface area contributed by atoms with Gasteiger partial charge in [-0.1, -0.05) is 41.0 Å². The summed E-state index contributed by atoms with van der Waals surface area (Å²) in [6, 6.07) is 5.48. The van der Waals surface area contributed by atoms with Crippen LogP contribution in [0.25, 0.3) is 0 Å². The molecule has 0 saturated heterocycles. The number of unbranched alkanes of at least 4 members (excludes halogenated alkanes) is 2. The lowest BCUT2D eigenvalue weighted by Crippen LogP contribution is -2.50. The summed E-state index contributed by atoms with van der Waals surface area (Å²) in [5, 5.41) is 9.95. The predicted octanol–water partition coefficient (Wildman–Crippen LogP) is 3.62. The van der Waals surface area contributed by atoms with Gasteiger partial charge >= 0.3 is 0 Å². The van der Waals surface area contributed by atoms with Crippen molar-refractivity contribution in [1.82, 2.24) is 10.2 Å². The van der Waals surface area contributed by atoms with Crippen LogP contribution in [0.15, 0.2) is 27.8 Å². The van der Waals surface area contributed by atoms with E-state index in [0.29, 0.717) is 26.9 Å². The lowest BCUT2D eigenvalue weighted by molar-refractivity contribution is -0.368. The van der Waals surface area contributed by atoms with E-state index in [1.807, 2.05) is 18.2 Å². The van der Waals surface area contributed by atoms with Crippen molar-refractivity contribution in [2.45, 2.75) is 36.7 Å². The third-order valence-corrected chi connectivity index (χ3v) is 4.54. The van der Waals surface area contributed by atoms with Crippen LogP contribution in [0, 0.1) is 0 Å². The minimum atomic E-state index is 0.554. The molecule has 1 aromatic carbocycles. The topological polar surface area (TPSA) is 66.6 Å². The summed E-state index contributed by atoms with van der Waals surface area (Å²) in [7, 11) is 0. The van der Waals surface area contributed by atoms with Crippen molar-refractivity contribution in [2.24, 2.45) is 0 Å². The number of quaternary nitrogens is 1. The van der Waals surface area contributed by atoms with Gasteiger partial charge in [0.1, 0.15) is 0 Å². The SMILES string of the molecule is [NH3+]CCCCCc1nnc(SCc2c(Cl)cccc2Cl)o1. The molecule has 0 spiro atoms. The van der Waals surface area contributed by atoms with Crippen molar-refractivity contribution in [3.05, 3.63) is 39.7 Å². The summed E-state index contributed by atoms with van der Waals surface area (Å²) in [4.78, 5) is 0. The Labute approximate surface area is 138 Å². The molecular weight excluding hydrogens is 329 g/mol. The van der Waals surface area contributed by atoms with Crippen molar-refractivity contribution in [1.29, 1.82) is 0 Å². The first-order chi connectivity index (χ1) is 10.2. The number of aromatic nitrogens is 2. The normalized spacial score (nSPS) is 11.0. The van der Waals surface area contributed by atoms with Crippen LogP contribution in [-0.2, 0) is 12.2 Å². The predicted molar refractivity (Wildman–Crippen MR) is 85.6 cm³/mol. The Morgan fingerprint density at radius 3 is 2.57 bits per heavy atom. The lowest BCUT2D eigenvalue weighted by atomic mass is 10.2. The zero-order chi connectivity index (χ0) is 15.1. The minimum Gasteiger partial charge on any atom is -0.416 e. The number of hydrogen-bond donors (Lipinski definition) is 1. The van der Waals surface area contributed by atoms with Crippen LogP contribution < -0.4 is 5.73 Å². The summed E-state index contributed by atoms with van der Waals surface area (Å²) in [5.74, 6) is 1.30. The molecule has 1 aromatic heterocycles. The van der Waals surface area contributed by atoms with Crippen LogP contribution in [-0.4, -0.2) is 16.7 Å². The van der Waals surface area contributed by atoms with E-state index in [1.54, 1.807) is 0 Å². The monoisotopic (exact) mass is 346 g/mol. The van der Waals surface area contributed by atoms with Crippen molar-refractivity contribution >= 4 is 35.0 Å². The molecule has 0 amide bonds. The van der Waals surface area contributed by atoms with Gasteiger partial charge < -0.3 is 10.2 Å². The van der Waals surface area contributed by atoms with E-state index in [-0.39, 0.29) is 0 Å². The zero-order valence-corrected chi connectivity index (χ0v) is 14.0. The molecule has 0 aliphatic rings. The molecule has 2 rings (SSSR count). The minimum absolute atomic E-state index is 0.554. The van der Waals surface area contributed by atoms with Gasteiger partial charge in [0.15, 0.2) is 0 Å². The van der Waals surface area contributed by atoms with Crippen molar-refractivity contribution in [3.8, 4) is 0 Å². The smallest absolute Gasteiger partial charge is 0.276 e. The Morgan fingerprint density at radius 1 is 1.10 bits per heavy atom. The number of nitrogens with zero attached hydrogens (tertiary/aromatic N) is 2. The van der Waals surface area contributed by atoms with Crippen LogP contribution in [0.5, 0.6) is 0 Å². The maximum absolute atomic E-state index is 6.13. The molecule has 0 atom stereocenters. The molecule has 3 N–H and O–H groups in total. The van der Waals surface area contributed by atoms with E-state index in [1.165, 1.54) is 11.8 Å². The van der Waals surface area contributed by atoms with E-state index >= 15 is 0 Å². The third-order valence-electron chi connectivity index (χ3n) is 2.99. The Hall–Kier alpha value is -0.750. The summed E-state index contributed by atoms with van der Waals surface area (Å²) in [5.41, 5.74) is 4.72. The second kappa shape index (κ2) is 8.63. The summed E-state index contributed by atoms with van der Waals surface area (Å²) in [6.07, 6.45) is 4.16. The van der Waals surface area contributed by atoms with Crippen LogP contribution in [0.4, 0.5) is 0 Å². The maximum atomic E-state index is 6.13. The average molecular weight is 347 g/mol. The molecule has 7 heteroatoms. The van der Waals surface area contributed by atoms with Gasteiger partial charge in [-0.15, -0.1) is 10.2 Å².